The van der Waals surface area contributed by atoms with Crippen LogP contribution in [0.2, 0.25) is 0 Å². The number of nitrogens with two attached hydrogens (primary N) is 1. The van der Waals surface area contributed by atoms with Crippen LogP contribution in [0.15, 0.2) is 4.52 Å². The summed E-state index contributed by atoms with van der Waals surface area (Å²) in [7, 11) is 0. The summed E-state index contributed by atoms with van der Waals surface area (Å²) in [6, 6.07) is 0. The lowest BCUT2D eigenvalue weighted by molar-refractivity contribution is 0.102. The first-order chi connectivity index (χ1) is 7.79. The monoisotopic (exact) mass is 225 g/mol. The summed E-state index contributed by atoms with van der Waals surface area (Å²) in [5, 5.41) is 3.93. The van der Waals surface area contributed by atoms with Crippen LogP contribution in [-0.2, 0) is 11.2 Å². The molecule has 0 radical (unpaired) electrons. The van der Waals surface area contributed by atoms with Gasteiger partial charge in [0.1, 0.15) is 0 Å². The van der Waals surface area contributed by atoms with Gasteiger partial charge >= 0.3 is 0 Å². The van der Waals surface area contributed by atoms with Gasteiger partial charge in [0.15, 0.2) is 5.82 Å². The molecule has 2 N–H and O–H groups in total. The van der Waals surface area contributed by atoms with Crippen LogP contribution in [0.3, 0.4) is 0 Å². The zero-order valence-corrected chi connectivity index (χ0v) is 9.69. The maximum atomic E-state index is 5.55. The highest BCUT2D eigenvalue weighted by molar-refractivity contribution is 4.94. The van der Waals surface area contributed by atoms with Crippen LogP contribution in [0.1, 0.15) is 43.8 Å². The normalized spacial score (nSPS) is 22.5. The van der Waals surface area contributed by atoms with Gasteiger partial charge in [-0.1, -0.05) is 12.1 Å². The highest BCUT2D eigenvalue weighted by Gasteiger charge is 2.17. The fraction of sp³-hybridized carbons (Fsp3) is 0.818. The molecule has 90 valence electrons. The average molecular weight is 225 g/mol. The van der Waals surface area contributed by atoms with Crippen LogP contribution in [-0.4, -0.2) is 29.4 Å². The van der Waals surface area contributed by atoms with Crippen LogP contribution < -0.4 is 5.73 Å². The van der Waals surface area contributed by atoms with E-state index < -0.39 is 0 Å². The van der Waals surface area contributed by atoms with E-state index in [0.29, 0.717) is 24.4 Å². The van der Waals surface area contributed by atoms with Crippen molar-refractivity contribution in [3.05, 3.63) is 11.7 Å². The van der Waals surface area contributed by atoms with E-state index in [-0.39, 0.29) is 5.92 Å². The molecule has 1 fully saturated rings. The van der Waals surface area contributed by atoms with Gasteiger partial charge in [-0.3, -0.25) is 0 Å². The summed E-state index contributed by atoms with van der Waals surface area (Å²) in [6.45, 7) is 3.43. The standard InChI is InChI=1S/C11H19N3O2/c1-8(7-12)11-13-10(16-14-11)5-4-9-3-2-6-15-9/h8-9H,2-7,12H2,1H3. The van der Waals surface area contributed by atoms with Crippen molar-refractivity contribution >= 4 is 0 Å². The fourth-order valence-electron chi connectivity index (χ4n) is 1.83. The van der Waals surface area contributed by atoms with Crippen LogP contribution in [0.5, 0.6) is 0 Å². The second-order valence-corrected chi connectivity index (χ2v) is 4.36. The van der Waals surface area contributed by atoms with Crippen molar-refractivity contribution in [2.24, 2.45) is 5.73 Å². The van der Waals surface area contributed by atoms with Gasteiger partial charge < -0.3 is 15.0 Å². The summed E-state index contributed by atoms with van der Waals surface area (Å²) in [5.74, 6) is 1.58. The smallest absolute Gasteiger partial charge is 0.226 e. The van der Waals surface area contributed by atoms with Crippen molar-refractivity contribution < 1.29 is 9.26 Å². The fourth-order valence-corrected chi connectivity index (χ4v) is 1.83. The molecule has 0 aliphatic carbocycles. The van der Waals surface area contributed by atoms with Crippen molar-refractivity contribution in [2.75, 3.05) is 13.2 Å². The largest absolute Gasteiger partial charge is 0.378 e. The van der Waals surface area contributed by atoms with E-state index in [1.54, 1.807) is 0 Å². The molecule has 2 unspecified atom stereocenters. The predicted molar refractivity (Wildman–Crippen MR) is 59.1 cm³/mol. The molecule has 1 aromatic heterocycles. The number of ether oxygens (including phenoxy) is 1. The van der Waals surface area contributed by atoms with Crippen LogP contribution >= 0.6 is 0 Å². The van der Waals surface area contributed by atoms with E-state index >= 15 is 0 Å². The summed E-state index contributed by atoms with van der Waals surface area (Å²) < 4.78 is 10.7. The summed E-state index contributed by atoms with van der Waals surface area (Å²) in [6.07, 6.45) is 4.47. The van der Waals surface area contributed by atoms with Crippen molar-refractivity contribution in [1.82, 2.24) is 10.1 Å². The first kappa shape index (κ1) is 11.5. The highest BCUT2D eigenvalue weighted by atomic mass is 16.5. The molecule has 0 bridgehead atoms. The lowest BCUT2D eigenvalue weighted by Crippen LogP contribution is -2.10. The molecule has 1 saturated heterocycles. The highest BCUT2D eigenvalue weighted by Crippen LogP contribution is 2.18. The third kappa shape index (κ3) is 2.80. The molecule has 2 atom stereocenters. The van der Waals surface area contributed by atoms with Crippen molar-refractivity contribution in [3.8, 4) is 0 Å². The average Bonchev–Trinajstić information content (AvgIpc) is 2.96. The molecule has 0 spiro atoms. The Morgan fingerprint density at radius 2 is 2.44 bits per heavy atom. The Morgan fingerprint density at radius 3 is 3.12 bits per heavy atom. The van der Waals surface area contributed by atoms with Gasteiger partial charge in [-0.05, 0) is 19.3 Å². The SMILES string of the molecule is CC(CN)c1noc(CCC2CCCO2)n1. The summed E-state index contributed by atoms with van der Waals surface area (Å²) in [4.78, 5) is 4.33. The predicted octanol–water partition coefficient (Wildman–Crippen LogP) is 1.24. The number of rotatable bonds is 5. The second kappa shape index (κ2) is 5.41. The number of aromatic nitrogens is 2. The van der Waals surface area contributed by atoms with E-state index in [1.807, 2.05) is 6.92 Å². The molecule has 1 aromatic rings. The van der Waals surface area contributed by atoms with Gasteiger partial charge in [0.2, 0.25) is 5.89 Å². The molecule has 2 rings (SSSR count). The van der Waals surface area contributed by atoms with Crippen molar-refractivity contribution in [1.29, 1.82) is 0 Å². The van der Waals surface area contributed by atoms with Crippen molar-refractivity contribution in [3.63, 3.8) is 0 Å². The summed E-state index contributed by atoms with van der Waals surface area (Å²) in [5.41, 5.74) is 5.55. The Labute approximate surface area is 95.3 Å². The van der Waals surface area contributed by atoms with Gasteiger partial charge in [-0.15, -0.1) is 0 Å². The number of aryl methyl sites for hydroxylation is 1. The molecule has 5 nitrogen and oxygen atoms in total. The Morgan fingerprint density at radius 1 is 1.56 bits per heavy atom. The van der Waals surface area contributed by atoms with Gasteiger partial charge in [0.05, 0.1) is 6.10 Å². The minimum atomic E-state index is 0.167. The molecule has 1 aliphatic rings. The van der Waals surface area contributed by atoms with Crippen LogP contribution in [0.25, 0.3) is 0 Å². The first-order valence-electron chi connectivity index (χ1n) is 5.93. The van der Waals surface area contributed by atoms with Crippen LogP contribution in [0, 0.1) is 0 Å². The second-order valence-electron chi connectivity index (χ2n) is 4.36. The lowest BCUT2D eigenvalue weighted by Gasteiger charge is -2.05. The topological polar surface area (TPSA) is 74.2 Å². The molecule has 0 amide bonds. The molecule has 0 saturated carbocycles. The Balaban J connectivity index is 1.82. The molecule has 5 heteroatoms. The van der Waals surface area contributed by atoms with Crippen LogP contribution in [0.4, 0.5) is 0 Å². The lowest BCUT2D eigenvalue weighted by atomic mass is 10.1. The van der Waals surface area contributed by atoms with E-state index in [4.69, 9.17) is 15.0 Å². The quantitative estimate of drug-likeness (QED) is 0.816. The number of hydrogen-bond donors (Lipinski definition) is 1. The van der Waals surface area contributed by atoms with Gasteiger partial charge in [0, 0.05) is 25.5 Å². The zero-order valence-electron chi connectivity index (χ0n) is 9.69. The van der Waals surface area contributed by atoms with Gasteiger partial charge in [-0.2, -0.15) is 4.98 Å². The third-order valence-electron chi connectivity index (χ3n) is 2.98. The Hall–Kier alpha value is -0.940. The molecular weight excluding hydrogens is 206 g/mol. The molecule has 1 aliphatic heterocycles. The van der Waals surface area contributed by atoms with Crippen molar-refractivity contribution in [2.45, 2.75) is 44.6 Å². The Kier molecular flexibility index (Phi) is 3.90. The van der Waals surface area contributed by atoms with E-state index in [0.717, 1.165) is 25.9 Å². The van der Waals surface area contributed by atoms with Gasteiger partial charge in [0.25, 0.3) is 0 Å². The first-order valence-corrected chi connectivity index (χ1v) is 5.93. The molecular formula is C11H19N3O2. The van der Waals surface area contributed by atoms with E-state index in [1.165, 1.54) is 6.42 Å². The molecule has 16 heavy (non-hydrogen) atoms. The number of hydrogen-bond acceptors (Lipinski definition) is 5. The maximum Gasteiger partial charge on any atom is 0.226 e. The van der Waals surface area contributed by atoms with E-state index in [9.17, 15) is 0 Å². The van der Waals surface area contributed by atoms with E-state index in [2.05, 4.69) is 10.1 Å². The minimum Gasteiger partial charge on any atom is -0.378 e. The minimum absolute atomic E-state index is 0.167. The third-order valence-corrected chi connectivity index (χ3v) is 2.98. The molecule has 0 aromatic carbocycles. The molecule has 2 heterocycles. The maximum absolute atomic E-state index is 5.55. The summed E-state index contributed by atoms with van der Waals surface area (Å²) >= 11 is 0. The zero-order chi connectivity index (χ0) is 11.4. The Bertz CT molecular complexity index is 321. The number of nitrogens with zero attached hydrogens (tertiary/aromatic N) is 2. The van der Waals surface area contributed by atoms with Gasteiger partial charge in [-0.25, -0.2) is 0 Å².